The van der Waals surface area contributed by atoms with Crippen LogP contribution in [0, 0.1) is 0 Å². The molecule has 1 heterocycles. The number of carbonyl (C=O) groups excluding carboxylic acids is 1. The lowest BCUT2D eigenvalue weighted by Gasteiger charge is -2.12. The van der Waals surface area contributed by atoms with Crippen LogP contribution in [0.4, 0.5) is 5.13 Å². The monoisotopic (exact) mass is 377 g/mol. The molecule has 1 N–H and O–H groups in total. The Labute approximate surface area is 158 Å². The van der Waals surface area contributed by atoms with Crippen molar-refractivity contribution in [1.29, 1.82) is 0 Å². The lowest BCUT2D eigenvalue weighted by atomic mass is 10.1. The van der Waals surface area contributed by atoms with E-state index in [4.69, 9.17) is 9.47 Å². The van der Waals surface area contributed by atoms with E-state index >= 15 is 0 Å². The van der Waals surface area contributed by atoms with Gasteiger partial charge in [0.2, 0.25) is 5.13 Å². The molecule has 0 atom stereocenters. The third kappa shape index (κ3) is 5.17. The molecular weight excluding hydrogens is 350 g/mol. The van der Waals surface area contributed by atoms with Crippen molar-refractivity contribution in [2.24, 2.45) is 0 Å². The van der Waals surface area contributed by atoms with Gasteiger partial charge in [-0.3, -0.25) is 10.1 Å². The van der Waals surface area contributed by atoms with E-state index in [-0.39, 0.29) is 5.91 Å². The molecule has 0 radical (unpaired) electrons. The lowest BCUT2D eigenvalue weighted by Crippen LogP contribution is -2.12. The highest BCUT2D eigenvalue weighted by atomic mass is 32.1. The standard InChI is InChI=1S/C19H27N3O3S/c1-5-11-25-15-10-9-14(12-16(15)24-8-4)17(23)20-19-22-21-18(26-19)13(6-2)7-3/h9-10,12-13H,5-8,11H2,1-4H3,(H,20,22,23). The van der Waals surface area contributed by atoms with Crippen LogP contribution < -0.4 is 14.8 Å². The molecule has 0 saturated heterocycles. The summed E-state index contributed by atoms with van der Waals surface area (Å²) in [5.74, 6) is 1.37. The molecule has 0 aliphatic rings. The topological polar surface area (TPSA) is 73.3 Å². The van der Waals surface area contributed by atoms with Crippen molar-refractivity contribution in [3.8, 4) is 11.5 Å². The minimum Gasteiger partial charge on any atom is -0.490 e. The molecule has 6 nitrogen and oxygen atoms in total. The summed E-state index contributed by atoms with van der Waals surface area (Å²) in [4.78, 5) is 12.5. The largest absolute Gasteiger partial charge is 0.490 e. The van der Waals surface area contributed by atoms with Crippen LogP contribution in [-0.4, -0.2) is 29.3 Å². The molecule has 2 rings (SSSR count). The van der Waals surface area contributed by atoms with Crippen LogP contribution in [0.2, 0.25) is 0 Å². The van der Waals surface area contributed by atoms with E-state index in [1.165, 1.54) is 11.3 Å². The highest BCUT2D eigenvalue weighted by Gasteiger charge is 2.16. The molecule has 26 heavy (non-hydrogen) atoms. The Morgan fingerprint density at radius 3 is 2.54 bits per heavy atom. The van der Waals surface area contributed by atoms with Gasteiger partial charge in [-0.2, -0.15) is 0 Å². The number of rotatable bonds is 10. The van der Waals surface area contributed by atoms with Crippen LogP contribution in [0.1, 0.15) is 68.2 Å². The van der Waals surface area contributed by atoms with Gasteiger partial charge in [0.05, 0.1) is 13.2 Å². The number of nitrogens with one attached hydrogen (secondary N) is 1. The van der Waals surface area contributed by atoms with Crippen molar-refractivity contribution in [1.82, 2.24) is 10.2 Å². The van der Waals surface area contributed by atoms with Crippen LogP contribution in [0.25, 0.3) is 0 Å². The number of anilines is 1. The Hall–Kier alpha value is -2.15. The summed E-state index contributed by atoms with van der Waals surface area (Å²) in [6.45, 7) is 9.31. The summed E-state index contributed by atoms with van der Waals surface area (Å²) < 4.78 is 11.3. The second kappa shape index (κ2) is 10.1. The molecule has 0 saturated carbocycles. The van der Waals surface area contributed by atoms with Crippen molar-refractivity contribution in [3.63, 3.8) is 0 Å². The van der Waals surface area contributed by atoms with Gasteiger partial charge in [0.25, 0.3) is 5.91 Å². The quantitative estimate of drug-likeness (QED) is 0.639. The SMILES string of the molecule is CCCOc1ccc(C(=O)Nc2nnc(C(CC)CC)s2)cc1OCC. The van der Waals surface area contributed by atoms with Crippen molar-refractivity contribution < 1.29 is 14.3 Å². The van der Waals surface area contributed by atoms with E-state index in [2.05, 4.69) is 29.4 Å². The van der Waals surface area contributed by atoms with E-state index in [1.54, 1.807) is 18.2 Å². The van der Waals surface area contributed by atoms with Gasteiger partial charge in [0.1, 0.15) is 5.01 Å². The molecule has 0 unspecified atom stereocenters. The van der Waals surface area contributed by atoms with Crippen molar-refractivity contribution in [2.45, 2.75) is 52.9 Å². The van der Waals surface area contributed by atoms with Crippen molar-refractivity contribution in [2.75, 3.05) is 18.5 Å². The van der Waals surface area contributed by atoms with Gasteiger partial charge >= 0.3 is 0 Å². The molecule has 1 aromatic heterocycles. The fourth-order valence-corrected chi connectivity index (χ4v) is 3.51. The van der Waals surface area contributed by atoms with Crippen LogP contribution in [-0.2, 0) is 0 Å². The van der Waals surface area contributed by atoms with Crippen LogP contribution in [0.3, 0.4) is 0 Å². The minimum atomic E-state index is -0.236. The van der Waals surface area contributed by atoms with Gasteiger partial charge in [-0.05, 0) is 44.4 Å². The summed E-state index contributed by atoms with van der Waals surface area (Å²) in [5.41, 5.74) is 0.497. The second-order valence-corrected chi connectivity index (χ2v) is 6.87. The summed E-state index contributed by atoms with van der Waals surface area (Å²) in [7, 11) is 0. The Morgan fingerprint density at radius 1 is 1.12 bits per heavy atom. The summed E-state index contributed by atoms with van der Waals surface area (Å²) in [6, 6.07) is 5.20. The minimum absolute atomic E-state index is 0.236. The molecular formula is C19H27N3O3S. The normalized spacial score (nSPS) is 10.8. The molecule has 0 aliphatic carbocycles. The molecule has 7 heteroatoms. The number of nitrogens with zero attached hydrogens (tertiary/aromatic N) is 2. The van der Waals surface area contributed by atoms with Gasteiger partial charge < -0.3 is 9.47 Å². The van der Waals surface area contributed by atoms with Gasteiger partial charge in [0.15, 0.2) is 11.5 Å². The van der Waals surface area contributed by atoms with E-state index in [9.17, 15) is 4.79 Å². The molecule has 1 amide bonds. The molecule has 0 fully saturated rings. The van der Waals surface area contributed by atoms with Crippen molar-refractivity contribution in [3.05, 3.63) is 28.8 Å². The highest BCUT2D eigenvalue weighted by molar-refractivity contribution is 7.15. The number of hydrogen-bond donors (Lipinski definition) is 1. The Kier molecular flexibility index (Phi) is 7.84. The first-order chi connectivity index (χ1) is 12.6. The fourth-order valence-electron chi connectivity index (χ4n) is 2.51. The first kappa shape index (κ1) is 20.2. The fraction of sp³-hybridized carbons (Fsp3) is 0.526. The summed E-state index contributed by atoms with van der Waals surface area (Å²) in [6.07, 6.45) is 2.93. The molecule has 0 aliphatic heterocycles. The van der Waals surface area contributed by atoms with E-state index in [0.717, 1.165) is 24.3 Å². The van der Waals surface area contributed by atoms with Gasteiger partial charge in [0, 0.05) is 11.5 Å². The van der Waals surface area contributed by atoms with E-state index < -0.39 is 0 Å². The number of hydrogen-bond acceptors (Lipinski definition) is 6. The van der Waals surface area contributed by atoms with Gasteiger partial charge in [-0.15, -0.1) is 10.2 Å². The molecule has 1 aromatic carbocycles. The third-order valence-corrected chi connectivity index (χ3v) is 4.96. The molecule has 2 aromatic rings. The Balaban J connectivity index is 2.12. The maximum absolute atomic E-state index is 12.5. The van der Waals surface area contributed by atoms with Crippen LogP contribution >= 0.6 is 11.3 Å². The molecule has 0 bridgehead atoms. The number of ether oxygens (including phenoxy) is 2. The molecule has 0 spiro atoms. The number of amides is 1. The maximum Gasteiger partial charge on any atom is 0.257 e. The maximum atomic E-state index is 12.5. The summed E-state index contributed by atoms with van der Waals surface area (Å²) in [5, 5.41) is 12.6. The molecule has 142 valence electrons. The highest BCUT2D eigenvalue weighted by Crippen LogP contribution is 2.30. The van der Waals surface area contributed by atoms with Crippen molar-refractivity contribution >= 4 is 22.4 Å². The predicted octanol–water partition coefficient (Wildman–Crippen LogP) is 4.88. The van der Waals surface area contributed by atoms with Crippen LogP contribution in [0.5, 0.6) is 11.5 Å². The zero-order chi connectivity index (χ0) is 18.9. The average Bonchev–Trinajstić information content (AvgIpc) is 3.10. The van der Waals surface area contributed by atoms with Gasteiger partial charge in [-0.1, -0.05) is 32.1 Å². The Morgan fingerprint density at radius 2 is 1.88 bits per heavy atom. The first-order valence-electron chi connectivity index (χ1n) is 9.17. The number of benzene rings is 1. The second-order valence-electron chi connectivity index (χ2n) is 5.86. The van der Waals surface area contributed by atoms with E-state index in [1.807, 2.05) is 13.8 Å². The summed E-state index contributed by atoms with van der Waals surface area (Å²) >= 11 is 1.43. The van der Waals surface area contributed by atoms with Crippen LogP contribution in [0.15, 0.2) is 18.2 Å². The number of carbonyl (C=O) groups is 1. The van der Waals surface area contributed by atoms with E-state index in [0.29, 0.717) is 41.3 Å². The first-order valence-corrected chi connectivity index (χ1v) is 9.98. The zero-order valence-electron chi connectivity index (χ0n) is 15.9. The predicted molar refractivity (Wildman–Crippen MR) is 105 cm³/mol. The Bertz CT molecular complexity index is 714. The third-order valence-electron chi connectivity index (χ3n) is 3.96. The average molecular weight is 378 g/mol. The zero-order valence-corrected chi connectivity index (χ0v) is 16.7. The van der Waals surface area contributed by atoms with Gasteiger partial charge in [-0.25, -0.2) is 0 Å². The smallest absolute Gasteiger partial charge is 0.257 e. The lowest BCUT2D eigenvalue weighted by molar-refractivity contribution is 0.102. The number of aromatic nitrogens is 2.